The molecule has 110 valence electrons. The molecule has 0 unspecified atom stereocenters. The number of hydrogen-bond acceptors (Lipinski definition) is 3. The maximum absolute atomic E-state index is 4.55. The van der Waals surface area contributed by atoms with Gasteiger partial charge in [0.25, 0.3) is 0 Å². The minimum absolute atomic E-state index is 0.963. The number of pyridine rings is 1. The van der Waals surface area contributed by atoms with Gasteiger partial charge in [0, 0.05) is 22.6 Å². The van der Waals surface area contributed by atoms with Gasteiger partial charge in [0.05, 0.1) is 5.03 Å². The van der Waals surface area contributed by atoms with E-state index in [2.05, 4.69) is 71.7 Å². The molecule has 0 aliphatic carbocycles. The van der Waals surface area contributed by atoms with Crippen LogP contribution >= 0.6 is 23.5 Å². The summed E-state index contributed by atoms with van der Waals surface area (Å²) in [6.45, 7) is 0. The maximum atomic E-state index is 4.55. The van der Waals surface area contributed by atoms with Gasteiger partial charge in [-0.1, -0.05) is 60.7 Å². The van der Waals surface area contributed by atoms with Crippen LogP contribution in [0.25, 0.3) is 0 Å². The predicted molar refractivity (Wildman–Crippen MR) is 96.2 cm³/mol. The van der Waals surface area contributed by atoms with E-state index in [0.29, 0.717) is 0 Å². The lowest BCUT2D eigenvalue weighted by Gasteiger charge is -2.04. The number of hydrogen-bond donors (Lipinski definition) is 0. The van der Waals surface area contributed by atoms with Crippen molar-refractivity contribution in [3.8, 4) is 0 Å². The Balaban J connectivity index is 1.52. The number of thioether (sulfide) groups is 2. The van der Waals surface area contributed by atoms with Gasteiger partial charge in [-0.15, -0.1) is 23.5 Å². The largest absolute Gasteiger partial charge is 0.249 e. The Hall–Kier alpha value is -1.71. The van der Waals surface area contributed by atoms with Crippen LogP contribution in [0.1, 0.15) is 11.1 Å². The third-order valence-electron chi connectivity index (χ3n) is 3.19. The van der Waals surface area contributed by atoms with Gasteiger partial charge in [0.15, 0.2) is 0 Å². The molecule has 0 spiro atoms. The summed E-state index contributed by atoms with van der Waals surface area (Å²) in [6, 6.07) is 25.3. The normalized spacial score (nSPS) is 10.5. The summed E-state index contributed by atoms with van der Waals surface area (Å²) in [5.41, 5.74) is 2.67. The van der Waals surface area contributed by atoms with Crippen molar-refractivity contribution in [1.29, 1.82) is 0 Å². The van der Waals surface area contributed by atoms with E-state index >= 15 is 0 Å². The molecule has 0 saturated carbocycles. The summed E-state index contributed by atoms with van der Waals surface area (Å²) in [7, 11) is 0. The second-order valence-electron chi connectivity index (χ2n) is 4.88. The molecule has 0 amide bonds. The Morgan fingerprint density at radius 1 is 0.636 bits per heavy atom. The highest BCUT2D eigenvalue weighted by atomic mass is 32.2. The van der Waals surface area contributed by atoms with E-state index < -0.39 is 0 Å². The molecular formula is C19H17NS2. The second kappa shape index (κ2) is 8.06. The number of nitrogens with zero attached hydrogens (tertiary/aromatic N) is 1. The zero-order valence-corrected chi connectivity index (χ0v) is 13.8. The van der Waals surface area contributed by atoms with E-state index in [-0.39, 0.29) is 0 Å². The van der Waals surface area contributed by atoms with Crippen LogP contribution in [0, 0.1) is 0 Å². The lowest BCUT2D eigenvalue weighted by Crippen LogP contribution is -1.84. The van der Waals surface area contributed by atoms with E-state index in [1.54, 1.807) is 11.8 Å². The van der Waals surface area contributed by atoms with Gasteiger partial charge in [-0.25, -0.2) is 4.98 Å². The van der Waals surface area contributed by atoms with Gasteiger partial charge in [-0.3, -0.25) is 0 Å². The monoisotopic (exact) mass is 323 g/mol. The van der Waals surface area contributed by atoms with Crippen molar-refractivity contribution in [2.75, 3.05) is 0 Å². The Morgan fingerprint density at radius 2 is 1.23 bits per heavy atom. The van der Waals surface area contributed by atoms with Crippen LogP contribution in [-0.2, 0) is 11.5 Å². The van der Waals surface area contributed by atoms with Crippen molar-refractivity contribution in [2.24, 2.45) is 0 Å². The lowest BCUT2D eigenvalue weighted by atomic mass is 10.2. The van der Waals surface area contributed by atoms with Crippen LogP contribution in [-0.4, -0.2) is 4.98 Å². The first-order chi connectivity index (χ1) is 10.9. The summed E-state index contributed by atoms with van der Waals surface area (Å²) in [5.74, 6) is 1.95. The molecule has 1 heterocycles. The molecule has 0 bridgehead atoms. The molecule has 0 atom stereocenters. The standard InChI is InChI=1S/C19H17NS2/c1-3-7-16(8-4-1)14-21-18-11-12-19(20-13-18)22-15-17-9-5-2-6-10-17/h1-13H,14-15H2. The van der Waals surface area contributed by atoms with Crippen molar-refractivity contribution in [3.05, 3.63) is 90.1 Å². The Bertz CT molecular complexity index is 619. The third-order valence-corrected chi connectivity index (χ3v) is 5.25. The minimum atomic E-state index is 0.963. The summed E-state index contributed by atoms with van der Waals surface area (Å²) in [5, 5.41) is 1.08. The van der Waals surface area contributed by atoms with E-state index in [9.17, 15) is 0 Å². The SMILES string of the molecule is c1ccc(CSc2ccc(SCc3ccccc3)nc2)cc1. The molecule has 3 heteroatoms. The summed E-state index contributed by atoms with van der Waals surface area (Å²) in [6.07, 6.45) is 1.97. The topological polar surface area (TPSA) is 12.9 Å². The molecule has 1 aromatic heterocycles. The van der Waals surface area contributed by atoms with E-state index in [1.165, 1.54) is 16.0 Å². The average Bonchev–Trinajstić information content (AvgIpc) is 2.61. The second-order valence-corrected chi connectivity index (χ2v) is 6.93. The third kappa shape index (κ3) is 4.65. The zero-order chi connectivity index (χ0) is 15.0. The van der Waals surface area contributed by atoms with Crippen LogP contribution in [0.15, 0.2) is 88.9 Å². The van der Waals surface area contributed by atoms with Crippen molar-refractivity contribution >= 4 is 23.5 Å². The van der Waals surface area contributed by atoms with Gasteiger partial charge in [0.1, 0.15) is 0 Å². The minimum Gasteiger partial charge on any atom is -0.249 e. The lowest BCUT2D eigenvalue weighted by molar-refractivity contribution is 1.08. The Kier molecular flexibility index (Phi) is 5.57. The van der Waals surface area contributed by atoms with Crippen molar-refractivity contribution in [2.45, 2.75) is 21.4 Å². The molecule has 0 radical (unpaired) electrons. The molecule has 0 aliphatic rings. The number of benzene rings is 2. The van der Waals surface area contributed by atoms with Crippen molar-refractivity contribution in [3.63, 3.8) is 0 Å². The van der Waals surface area contributed by atoms with E-state index in [0.717, 1.165) is 16.5 Å². The van der Waals surface area contributed by atoms with Crippen molar-refractivity contribution in [1.82, 2.24) is 4.98 Å². The van der Waals surface area contributed by atoms with Crippen LogP contribution in [0.2, 0.25) is 0 Å². The fraction of sp³-hybridized carbons (Fsp3) is 0.105. The molecule has 3 rings (SSSR count). The Labute approximate surface area is 140 Å². The summed E-state index contributed by atoms with van der Waals surface area (Å²) >= 11 is 3.60. The highest BCUT2D eigenvalue weighted by molar-refractivity contribution is 7.98. The van der Waals surface area contributed by atoms with E-state index in [4.69, 9.17) is 0 Å². The first kappa shape index (κ1) is 15.2. The van der Waals surface area contributed by atoms with Gasteiger partial charge in [-0.2, -0.15) is 0 Å². The highest BCUT2D eigenvalue weighted by Gasteiger charge is 2.00. The fourth-order valence-corrected chi connectivity index (χ4v) is 3.63. The molecule has 0 saturated heterocycles. The zero-order valence-electron chi connectivity index (χ0n) is 12.2. The fourth-order valence-electron chi connectivity index (χ4n) is 2.01. The predicted octanol–water partition coefficient (Wildman–Crippen LogP) is 5.67. The van der Waals surface area contributed by atoms with Gasteiger partial charge >= 0.3 is 0 Å². The molecule has 1 nitrogen and oxygen atoms in total. The van der Waals surface area contributed by atoms with Crippen LogP contribution in [0.4, 0.5) is 0 Å². The van der Waals surface area contributed by atoms with Gasteiger partial charge in [-0.05, 0) is 23.3 Å². The molecule has 0 aliphatic heterocycles. The molecule has 22 heavy (non-hydrogen) atoms. The molecular weight excluding hydrogens is 306 g/mol. The highest BCUT2D eigenvalue weighted by Crippen LogP contribution is 2.25. The summed E-state index contributed by atoms with van der Waals surface area (Å²) in [4.78, 5) is 5.76. The first-order valence-corrected chi connectivity index (χ1v) is 9.17. The maximum Gasteiger partial charge on any atom is 0.0963 e. The average molecular weight is 323 g/mol. The van der Waals surface area contributed by atoms with Gasteiger partial charge in [0.2, 0.25) is 0 Å². The van der Waals surface area contributed by atoms with Gasteiger partial charge < -0.3 is 0 Å². The number of aromatic nitrogens is 1. The van der Waals surface area contributed by atoms with Crippen LogP contribution in [0.3, 0.4) is 0 Å². The summed E-state index contributed by atoms with van der Waals surface area (Å²) < 4.78 is 0. The number of rotatable bonds is 6. The molecule has 0 N–H and O–H groups in total. The molecule has 2 aromatic carbocycles. The smallest absolute Gasteiger partial charge is 0.0963 e. The van der Waals surface area contributed by atoms with Crippen molar-refractivity contribution < 1.29 is 0 Å². The van der Waals surface area contributed by atoms with Crippen LogP contribution in [0.5, 0.6) is 0 Å². The Morgan fingerprint density at radius 3 is 1.77 bits per heavy atom. The quantitative estimate of drug-likeness (QED) is 0.543. The van der Waals surface area contributed by atoms with E-state index in [1.807, 2.05) is 24.0 Å². The van der Waals surface area contributed by atoms with Crippen LogP contribution < -0.4 is 0 Å². The molecule has 0 fully saturated rings. The molecule has 3 aromatic rings. The first-order valence-electron chi connectivity index (χ1n) is 7.20.